The lowest BCUT2D eigenvalue weighted by atomic mass is 9.94. The van der Waals surface area contributed by atoms with E-state index >= 15 is 0 Å². The number of aryl methyl sites for hydroxylation is 2. The van der Waals surface area contributed by atoms with Gasteiger partial charge in [-0.2, -0.15) is 0 Å². The largest absolute Gasteiger partial charge is 0.459 e. The molecule has 0 radical (unpaired) electrons. The molecule has 0 atom stereocenters. The van der Waals surface area contributed by atoms with Crippen molar-refractivity contribution in [2.75, 3.05) is 6.54 Å². The average molecular weight is 287 g/mol. The van der Waals surface area contributed by atoms with E-state index in [0.29, 0.717) is 11.8 Å². The van der Waals surface area contributed by atoms with Gasteiger partial charge in [0, 0.05) is 10.9 Å². The number of furan rings is 1. The molecule has 1 heterocycles. The van der Waals surface area contributed by atoms with Gasteiger partial charge in [-0.1, -0.05) is 46.8 Å². The lowest BCUT2D eigenvalue weighted by molar-refractivity contribution is 0.480. The normalized spacial score (nSPS) is 12.0. The van der Waals surface area contributed by atoms with Gasteiger partial charge in [0.2, 0.25) is 0 Å². The van der Waals surface area contributed by atoms with E-state index in [9.17, 15) is 0 Å². The number of benzene rings is 1. The Morgan fingerprint density at radius 1 is 1.14 bits per heavy atom. The highest BCUT2D eigenvalue weighted by Crippen LogP contribution is 2.35. The molecule has 0 aliphatic rings. The summed E-state index contributed by atoms with van der Waals surface area (Å²) in [5.41, 5.74) is 5.11. The van der Waals surface area contributed by atoms with Crippen LogP contribution in [0.2, 0.25) is 0 Å². The first-order valence-electron chi connectivity index (χ1n) is 8.20. The molecule has 2 nitrogen and oxygen atoms in total. The number of rotatable bonds is 6. The monoisotopic (exact) mass is 287 g/mol. The molecule has 116 valence electrons. The van der Waals surface area contributed by atoms with Gasteiger partial charge in [-0.15, -0.1) is 0 Å². The Morgan fingerprint density at radius 3 is 2.43 bits per heavy atom. The maximum absolute atomic E-state index is 6.23. The van der Waals surface area contributed by atoms with Crippen LogP contribution in [0.5, 0.6) is 0 Å². The van der Waals surface area contributed by atoms with Crippen LogP contribution < -0.4 is 5.32 Å². The summed E-state index contributed by atoms with van der Waals surface area (Å²) in [7, 11) is 0. The smallest absolute Gasteiger partial charge is 0.137 e. The average Bonchev–Trinajstić information content (AvgIpc) is 2.77. The summed E-state index contributed by atoms with van der Waals surface area (Å²) in [6.07, 6.45) is 1.02. The summed E-state index contributed by atoms with van der Waals surface area (Å²) in [5.74, 6) is 2.30. The van der Waals surface area contributed by atoms with Gasteiger partial charge >= 0.3 is 0 Å². The molecule has 0 unspecified atom stereocenters. The topological polar surface area (TPSA) is 25.2 Å². The lowest BCUT2D eigenvalue weighted by Gasteiger charge is -2.10. The maximum Gasteiger partial charge on any atom is 0.137 e. The van der Waals surface area contributed by atoms with Crippen molar-refractivity contribution < 1.29 is 4.42 Å². The molecular weight excluding hydrogens is 258 g/mol. The van der Waals surface area contributed by atoms with E-state index in [1.54, 1.807) is 0 Å². The molecule has 0 saturated heterocycles. The maximum atomic E-state index is 6.23. The zero-order valence-corrected chi connectivity index (χ0v) is 14.3. The zero-order valence-electron chi connectivity index (χ0n) is 14.3. The van der Waals surface area contributed by atoms with Gasteiger partial charge in [0.25, 0.3) is 0 Å². The molecule has 2 heteroatoms. The van der Waals surface area contributed by atoms with Crippen LogP contribution in [0, 0.1) is 12.8 Å². The summed E-state index contributed by atoms with van der Waals surface area (Å²) in [6, 6.07) is 4.45. The molecule has 0 saturated carbocycles. The molecule has 1 aromatic carbocycles. The molecule has 0 fully saturated rings. The molecule has 0 amide bonds. The molecule has 2 rings (SSSR count). The molecule has 0 aliphatic heterocycles. The Hall–Kier alpha value is -1.28. The minimum absolute atomic E-state index is 0.521. The van der Waals surface area contributed by atoms with Crippen LogP contribution in [-0.4, -0.2) is 6.54 Å². The third kappa shape index (κ3) is 3.32. The number of hydrogen-bond acceptors (Lipinski definition) is 2. The third-order valence-electron chi connectivity index (χ3n) is 4.06. The molecule has 1 N–H and O–H groups in total. The van der Waals surface area contributed by atoms with Crippen LogP contribution in [0.15, 0.2) is 16.5 Å². The van der Waals surface area contributed by atoms with Crippen LogP contribution in [0.25, 0.3) is 11.0 Å². The van der Waals surface area contributed by atoms with E-state index in [-0.39, 0.29) is 0 Å². The summed E-state index contributed by atoms with van der Waals surface area (Å²) in [4.78, 5) is 0. The predicted octanol–water partition coefficient (Wildman–Crippen LogP) is 5.17. The van der Waals surface area contributed by atoms with Crippen molar-refractivity contribution in [2.45, 2.75) is 60.4 Å². The Bertz CT molecular complexity index is 608. The quantitative estimate of drug-likeness (QED) is 0.792. The minimum Gasteiger partial charge on any atom is -0.459 e. The number of nitrogens with one attached hydrogen (secondary N) is 1. The van der Waals surface area contributed by atoms with Crippen molar-refractivity contribution in [1.29, 1.82) is 0 Å². The second kappa shape index (κ2) is 6.65. The van der Waals surface area contributed by atoms with Crippen molar-refractivity contribution in [3.8, 4) is 0 Å². The van der Waals surface area contributed by atoms with Crippen LogP contribution in [-0.2, 0) is 13.0 Å². The van der Waals surface area contributed by atoms with Crippen molar-refractivity contribution in [2.24, 2.45) is 5.92 Å². The van der Waals surface area contributed by atoms with Gasteiger partial charge in [0.15, 0.2) is 0 Å². The Kier molecular flexibility index (Phi) is 5.10. The molecule has 0 bridgehead atoms. The predicted molar refractivity (Wildman–Crippen MR) is 91.0 cm³/mol. The third-order valence-corrected chi connectivity index (χ3v) is 4.06. The van der Waals surface area contributed by atoms with E-state index in [4.69, 9.17) is 4.42 Å². The lowest BCUT2D eigenvalue weighted by Crippen LogP contribution is -2.19. The van der Waals surface area contributed by atoms with Gasteiger partial charge in [-0.25, -0.2) is 0 Å². The van der Waals surface area contributed by atoms with Crippen molar-refractivity contribution in [3.05, 3.63) is 34.6 Å². The van der Waals surface area contributed by atoms with E-state index in [0.717, 1.165) is 30.9 Å². The van der Waals surface area contributed by atoms with Crippen molar-refractivity contribution in [1.82, 2.24) is 5.32 Å². The summed E-state index contributed by atoms with van der Waals surface area (Å²) >= 11 is 0. The van der Waals surface area contributed by atoms with Gasteiger partial charge in [0.05, 0.1) is 6.54 Å². The van der Waals surface area contributed by atoms with Gasteiger partial charge in [-0.3, -0.25) is 0 Å². The van der Waals surface area contributed by atoms with E-state index < -0.39 is 0 Å². The van der Waals surface area contributed by atoms with E-state index in [1.165, 1.54) is 22.1 Å². The SMILES string of the molecule is CCc1c(CNCC(C)C)oc2c(C)ccc(C(C)C)c12. The first-order valence-corrected chi connectivity index (χ1v) is 8.20. The second-order valence-corrected chi connectivity index (χ2v) is 6.71. The fourth-order valence-electron chi connectivity index (χ4n) is 2.94. The van der Waals surface area contributed by atoms with Crippen molar-refractivity contribution >= 4 is 11.0 Å². The van der Waals surface area contributed by atoms with Crippen molar-refractivity contribution in [3.63, 3.8) is 0 Å². The standard InChI is InChI=1S/C19H29NO/c1-7-15-17(11-20-10-12(2)3)21-19-14(6)8-9-16(13(4)5)18(15)19/h8-9,12-13,20H,7,10-11H2,1-6H3. The fourth-order valence-corrected chi connectivity index (χ4v) is 2.94. The highest BCUT2D eigenvalue weighted by Gasteiger charge is 2.18. The Morgan fingerprint density at radius 2 is 1.86 bits per heavy atom. The first-order chi connectivity index (χ1) is 9.95. The first kappa shape index (κ1) is 16.1. The summed E-state index contributed by atoms with van der Waals surface area (Å²) in [6.45, 7) is 15.2. The van der Waals surface area contributed by atoms with Crippen LogP contribution in [0.3, 0.4) is 0 Å². The molecular formula is C19H29NO. The van der Waals surface area contributed by atoms with E-state index in [1.807, 2.05) is 0 Å². The Balaban J connectivity index is 2.47. The second-order valence-electron chi connectivity index (χ2n) is 6.71. The summed E-state index contributed by atoms with van der Waals surface area (Å²) < 4.78 is 6.23. The summed E-state index contributed by atoms with van der Waals surface area (Å²) in [5, 5.41) is 4.87. The fraction of sp³-hybridized carbons (Fsp3) is 0.579. The highest BCUT2D eigenvalue weighted by molar-refractivity contribution is 5.88. The molecule has 1 aromatic heterocycles. The Labute approximate surface area is 128 Å². The van der Waals surface area contributed by atoms with Gasteiger partial charge in [0.1, 0.15) is 11.3 Å². The number of fused-ring (bicyclic) bond motifs is 1. The highest BCUT2D eigenvalue weighted by atomic mass is 16.3. The minimum atomic E-state index is 0.521. The van der Waals surface area contributed by atoms with Crippen LogP contribution in [0.4, 0.5) is 0 Å². The van der Waals surface area contributed by atoms with E-state index in [2.05, 4.69) is 59.0 Å². The zero-order chi connectivity index (χ0) is 15.6. The van der Waals surface area contributed by atoms with Gasteiger partial charge < -0.3 is 9.73 Å². The number of hydrogen-bond donors (Lipinski definition) is 1. The molecule has 2 aromatic rings. The molecule has 0 spiro atoms. The molecule has 0 aliphatic carbocycles. The molecule has 21 heavy (non-hydrogen) atoms. The van der Waals surface area contributed by atoms with Gasteiger partial charge in [-0.05, 0) is 42.9 Å². The van der Waals surface area contributed by atoms with Crippen LogP contribution in [0.1, 0.15) is 63.0 Å². The van der Waals surface area contributed by atoms with Crippen LogP contribution >= 0.6 is 0 Å².